The first kappa shape index (κ1) is 13.5. The van der Waals surface area contributed by atoms with E-state index in [0.717, 1.165) is 24.6 Å². The zero-order chi connectivity index (χ0) is 13.1. The lowest BCUT2D eigenvalue weighted by molar-refractivity contribution is 0.242. The fourth-order valence-corrected chi connectivity index (χ4v) is 2.84. The smallest absolute Gasteiger partial charge is 0.123 e. The van der Waals surface area contributed by atoms with Gasteiger partial charge >= 0.3 is 0 Å². The predicted octanol–water partition coefficient (Wildman–Crippen LogP) is 3.87. The summed E-state index contributed by atoms with van der Waals surface area (Å²) < 4.78 is 13.1. The SMILES string of the molecule is Cc1cc(F)ccc1C1CCC1CNCC(C)C. The number of aryl methyl sites for hydroxylation is 1. The monoisotopic (exact) mass is 249 g/mol. The Morgan fingerprint density at radius 3 is 2.67 bits per heavy atom. The molecule has 0 aromatic heterocycles. The van der Waals surface area contributed by atoms with Gasteiger partial charge in [0, 0.05) is 0 Å². The van der Waals surface area contributed by atoms with E-state index in [1.807, 2.05) is 13.0 Å². The summed E-state index contributed by atoms with van der Waals surface area (Å²) in [6, 6.07) is 5.23. The van der Waals surface area contributed by atoms with Crippen molar-refractivity contribution in [3.63, 3.8) is 0 Å². The lowest BCUT2D eigenvalue weighted by Gasteiger charge is -2.38. The van der Waals surface area contributed by atoms with Crippen LogP contribution in [0.25, 0.3) is 0 Å². The highest BCUT2D eigenvalue weighted by Gasteiger charge is 2.32. The van der Waals surface area contributed by atoms with E-state index in [-0.39, 0.29) is 5.82 Å². The molecule has 1 aromatic rings. The van der Waals surface area contributed by atoms with Crippen molar-refractivity contribution < 1.29 is 4.39 Å². The Morgan fingerprint density at radius 1 is 1.33 bits per heavy atom. The fourth-order valence-electron chi connectivity index (χ4n) is 2.84. The first-order valence-electron chi connectivity index (χ1n) is 7.04. The van der Waals surface area contributed by atoms with E-state index in [1.165, 1.54) is 18.4 Å². The summed E-state index contributed by atoms with van der Waals surface area (Å²) in [7, 11) is 0. The average molecular weight is 249 g/mol. The highest BCUT2D eigenvalue weighted by molar-refractivity contribution is 5.32. The number of nitrogens with one attached hydrogen (secondary N) is 1. The van der Waals surface area contributed by atoms with Crippen molar-refractivity contribution in [2.45, 2.75) is 39.5 Å². The van der Waals surface area contributed by atoms with Crippen LogP contribution in [0.2, 0.25) is 0 Å². The zero-order valence-corrected chi connectivity index (χ0v) is 11.7. The number of hydrogen-bond donors (Lipinski definition) is 1. The van der Waals surface area contributed by atoms with Crippen LogP contribution in [0, 0.1) is 24.6 Å². The van der Waals surface area contributed by atoms with Gasteiger partial charge in [0.25, 0.3) is 0 Å². The lowest BCUT2D eigenvalue weighted by Crippen LogP contribution is -2.35. The van der Waals surface area contributed by atoms with Gasteiger partial charge in [0.2, 0.25) is 0 Å². The number of benzene rings is 1. The maximum Gasteiger partial charge on any atom is 0.123 e. The minimum Gasteiger partial charge on any atom is -0.316 e. The molecule has 1 saturated carbocycles. The number of hydrogen-bond acceptors (Lipinski definition) is 1. The molecule has 1 aliphatic rings. The molecule has 1 fully saturated rings. The van der Waals surface area contributed by atoms with Gasteiger partial charge in [0.1, 0.15) is 5.82 Å². The van der Waals surface area contributed by atoms with E-state index in [9.17, 15) is 4.39 Å². The van der Waals surface area contributed by atoms with Crippen molar-refractivity contribution in [2.24, 2.45) is 11.8 Å². The predicted molar refractivity (Wildman–Crippen MR) is 74.3 cm³/mol. The first-order chi connectivity index (χ1) is 8.58. The molecule has 100 valence electrons. The Hall–Kier alpha value is -0.890. The summed E-state index contributed by atoms with van der Waals surface area (Å²) in [6.45, 7) is 8.67. The molecule has 0 spiro atoms. The van der Waals surface area contributed by atoms with Crippen LogP contribution in [0.4, 0.5) is 4.39 Å². The minimum absolute atomic E-state index is 0.120. The van der Waals surface area contributed by atoms with Gasteiger partial charge in [0.15, 0.2) is 0 Å². The molecule has 1 aliphatic carbocycles. The summed E-state index contributed by atoms with van der Waals surface area (Å²) >= 11 is 0. The molecule has 0 aliphatic heterocycles. The molecule has 2 heteroatoms. The summed E-state index contributed by atoms with van der Waals surface area (Å²) in [5.41, 5.74) is 2.45. The van der Waals surface area contributed by atoms with Crippen molar-refractivity contribution in [3.8, 4) is 0 Å². The third kappa shape index (κ3) is 3.11. The molecule has 0 heterocycles. The Bertz CT molecular complexity index is 400. The quantitative estimate of drug-likeness (QED) is 0.835. The summed E-state index contributed by atoms with van der Waals surface area (Å²) in [6.07, 6.45) is 2.55. The first-order valence-corrected chi connectivity index (χ1v) is 7.04. The third-order valence-corrected chi connectivity index (χ3v) is 4.01. The van der Waals surface area contributed by atoms with Crippen molar-refractivity contribution in [3.05, 3.63) is 35.1 Å². The van der Waals surface area contributed by atoms with Gasteiger partial charge in [-0.2, -0.15) is 0 Å². The van der Waals surface area contributed by atoms with Crippen LogP contribution in [0.5, 0.6) is 0 Å². The molecule has 0 bridgehead atoms. The highest BCUT2D eigenvalue weighted by Crippen LogP contribution is 2.43. The van der Waals surface area contributed by atoms with Crippen LogP contribution in [0.3, 0.4) is 0 Å². The van der Waals surface area contributed by atoms with Crippen LogP contribution < -0.4 is 5.32 Å². The van der Waals surface area contributed by atoms with Gasteiger partial charge in [-0.15, -0.1) is 0 Å². The van der Waals surface area contributed by atoms with E-state index in [0.29, 0.717) is 11.8 Å². The van der Waals surface area contributed by atoms with Gasteiger partial charge < -0.3 is 5.32 Å². The van der Waals surface area contributed by atoms with E-state index < -0.39 is 0 Å². The van der Waals surface area contributed by atoms with Crippen LogP contribution in [-0.4, -0.2) is 13.1 Å². The van der Waals surface area contributed by atoms with E-state index in [4.69, 9.17) is 0 Å². The van der Waals surface area contributed by atoms with Crippen LogP contribution in [0.15, 0.2) is 18.2 Å². The van der Waals surface area contributed by atoms with Crippen LogP contribution >= 0.6 is 0 Å². The van der Waals surface area contributed by atoms with Gasteiger partial charge in [-0.3, -0.25) is 0 Å². The maximum absolute atomic E-state index is 13.1. The summed E-state index contributed by atoms with van der Waals surface area (Å²) in [4.78, 5) is 0. The van der Waals surface area contributed by atoms with Crippen molar-refractivity contribution in [1.82, 2.24) is 5.32 Å². The normalized spacial score (nSPS) is 23.2. The topological polar surface area (TPSA) is 12.0 Å². The molecule has 1 aromatic carbocycles. The lowest BCUT2D eigenvalue weighted by atomic mass is 9.69. The minimum atomic E-state index is -0.120. The third-order valence-electron chi connectivity index (χ3n) is 4.01. The Morgan fingerprint density at radius 2 is 2.11 bits per heavy atom. The Labute approximate surface area is 110 Å². The van der Waals surface area contributed by atoms with E-state index in [1.54, 1.807) is 12.1 Å². The standard InChI is InChI=1S/C16H24FN/c1-11(2)9-18-10-13-4-6-16(13)15-7-5-14(17)8-12(15)3/h5,7-8,11,13,16,18H,4,6,9-10H2,1-3H3. The van der Waals surface area contributed by atoms with Crippen LogP contribution in [-0.2, 0) is 0 Å². The van der Waals surface area contributed by atoms with E-state index >= 15 is 0 Å². The molecule has 2 atom stereocenters. The van der Waals surface area contributed by atoms with Gasteiger partial charge in [-0.05, 0) is 73.9 Å². The summed E-state index contributed by atoms with van der Waals surface area (Å²) in [5, 5.41) is 3.54. The second kappa shape index (κ2) is 5.83. The second-order valence-electron chi connectivity index (χ2n) is 6.00. The molecule has 0 radical (unpaired) electrons. The molecule has 2 rings (SSSR count). The molecule has 1 N–H and O–H groups in total. The average Bonchev–Trinajstić information content (AvgIpc) is 2.26. The largest absolute Gasteiger partial charge is 0.316 e. The van der Waals surface area contributed by atoms with Gasteiger partial charge in [0.05, 0.1) is 0 Å². The molecule has 2 unspecified atom stereocenters. The highest BCUT2D eigenvalue weighted by atomic mass is 19.1. The zero-order valence-electron chi connectivity index (χ0n) is 11.7. The molecular weight excluding hydrogens is 225 g/mol. The van der Waals surface area contributed by atoms with Crippen LogP contribution in [0.1, 0.15) is 43.7 Å². The molecule has 1 nitrogen and oxygen atoms in total. The fraction of sp³-hybridized carbons (Fsp3) is 0.625. The molecule has 18 heavy (non-hydrogen) atoms. The molecule has 0 amide bonds. The summed E-state index contributed by atoms with van der Waals surface area (Å²) in [5.74, 6) is 1.94. The van der Waals surface area contributed by atoms with Crippen molar-refractivity contribution in [1.29, 1.82) is 0 Å². The van der Waals surface area contributed by atoms with Crippen molar-refractivity contribution in [2.75, 3.05) is 13.1 Å². The van der Waals surface area contributed by atoms with E-state index in [2.05, 4.69) is 19.2 Å². The Kier molecular flexibility index (Phi) is 4.39. The number of rotatable bonds is 5. The Balaban J connectivity index is 1.93. The maximum atomic E-state index is 13.1. The molecular formula is C16H24FN. The van der Waals surface area contributed by atoms with Crippen molar-refractivity contribution >= 4 is 0 Å². The number of halogens is 1. The van der Waals surface area contributed by atoms with Gasteiger partial charge in [-0.25, -0.2) is 4.39 Å². The second-order valence-corrected chi connectivity index (χ2v) is 6.00. The molecule has 0 saturated heterocycles. The van der Waals surface area contributed by atoms with Gasteiger partial charge in [-0.1, -0.05) is 19.9 Å².